The molecule has 0 spiro atoms. The van der Waals surface area contributed by atoms with Crippen molar-refractivity contribution in [3.05, 3.63) is 35.9 Å². The van der Waals surface area contributed by atoms with E-state index in [2.05, 4.69) is 19.2 Å². The van der Waals surface area contributed by atoms with Gasteiger partial charge in [0.05, 0.1) is 31.8 Å². The molecule has 9 nitrogen and oxygen atoms in total. The van der Waals surface area contributed by atoms with Crippen LogP contribution < -0.4 is 14.8 Å². The highest BCUT2D eigenvalue weighted by molar-refractivity contribution is 5.70. The number of aliphatic hydroxyl groups is 1. The van der Waals surface area contributed by atoms with Gasteiger partial charge in [-0.15, -0.1) is 0 Å². The normalized spacial score (nSPS) is 15.1. The van der Waals surface area contributed by atoms with Crippen molar-refractivity contribution in [1.82, 2.24) is 5.32 Å². The fourth-order valence-corrected chi connectivity index (χ4v) is 3.95. The van der Waals surface area contributed by atoms with Gasteiger partial charge in [0.15, 0.2) is 11.5 Å². The molecule has 1 rings (SSSR count). The van der Waals surface area contributed by atoms with Crippen molar-refractivity contribution >= 4 is 12.1 Å². The zero-order chi connectivity index (χ0) is 28.9. The molecule has 0 aliphatic rings. The molecule has 0 saturated carbocycles. The van der Waals surface area contributed by atoms with E-state index in [1.54, 1.807) is 41.9 Å². The van der Waals surface area contributed by atoms with Crippen molar-refractivity contribution in [3.8, 4) is 11.5 Å². The first-order chi connectivity index (χ1) is 17.8. The van der Waals surface area contributed by atoms with E-state index in [9.17, 15) is 19.8 Å². The Morgan fingerprint density at radius 2 is 1.68 bits per heavy atom. The minimum atomic E-state index is -1.05. The van der Waals surface area contributed by atoms with Crippen LogP contribution >= 0.6 is 0 Å². The van der Waals surface area contributed by atoms with E-state index in [0.717, 1.165) is 5.56 Å². The summed E-state index contributed by atoms with van der Waals surface area (Å²) in [7, 11) is 3.22. The monoisotopic (exact) mass is 537 g/mol. The molecule has 0 aromatic heterocycles. The van der Waals surface area contributed by atoms with Crippen LogP contribution in [0.1, 0.15) is 59.9 Å². The number of aliphatic carboxylic acids is 1. The number of alkyl carbamates (subject to hydrolysis) is 1. The summed E-state index contributed by atoms with van der Waals surface area (Å²) in [5.74, 6) is -0.239. The van der Waals surface area contributed by atoms with Crippen molar-refractivity contribution in [2.24, 2.45) is 17.8 Å². The molecule has 0 heterocycles. The van der Waals surface area contributed by atoms with Crippen LogP contribution in [0.25, 0.3) is 0 Å². The Kier molecular flexibility index (Phi) is 14.2. The van der Waals surface area contributed by atoms with Gasteiger partial charge >= 0.3 is 12.1 Å². The molecule has 0 radical (unpaired) electrons. The Labute approximate surface area is 227 Å². The number of carboxylic acids is 1. The summed E-state index contributed by atoms with van der Waals surface area (Å²) in [5.41, 5.74) is 0.314. The first kappa shape index (κ1) is 33.2. The Hall–Kier alpha value is -2.78. The van der Waals surface area contributed by atoms with Gasteiger partial charge in [0.1, 0.15) is 12.2 Å². The van der Waals surface area contributed by atoms with E-state index in [1.807, 2.05) is 30.4 Å². The molecule has 4 atom stereocenters. The summed E-state index contributed by atoms with van der Waals surface area (Å²) < 4.78 is 21.8. The summed E-state index contributed by atoms with van der Waals surface area (Å²) in [4.78, 5) is 24.0. The zero-order valence-corrected chi connectivity index (χ0v) is 24.2. The van der Waals surface area contributed by atoms with E-state index < -0.39 is 35.7 Å². The SMILES string of the molecule is COCC=CCOc1cc(CC(CC(NC(=O)OC(C)(C)C)C(O)CC(C)C(=O)O)C(C)C)ccc1OC. The van der Waals surface area contributed by atoms with Gasteiger partial charge in [-0.1, -0.05) is 32.9 Å². The standard InChI is InChI=1S/C29H47NO8/c1-19(2)22(16-21-11-12-25(36-8)26(17-21)37-14-10-9-13-35-7)18-23(24(31)15-20(3)27(32)33)30-28(34)38-29(4,5)6/h9-12,17,19-20,22-24,31H,13-16,18H2,1-8H3,(H,30,34)(H,32,33). The summed E-state index contributed by atoms with van der Waals surface area (Å²) in [5, 5.41) is 23.1. The fourth-order valence-electron chi connectivity index (χ4n) is 3.95. The van der Waals surface area contributed by atoms with Crippen molar-refractivity contribution < 1.29 is 38.7 Å². The van der Waals surface area contributed by atoms with Crippen LogP contribution in [-0.4, -0.2) is 67.5 Å². The summed E-state index contributed by atoms with van der Waals surface area (Å²) in [6, 6.07) is 5.10. The number of carboxylic acid groups (broad SMARTS) is 1. The van der Waals surface area contributed by atoms with Crippen LogP contribution in [0.4, 0.5) is 4.79 Å². The summed E-state index contributed by atoms with van der Waals surface area (Å²) in [6.45, 7) is 11.9. The van der Waals surface area contributed by atoms with Crippen LogP contribution in [0, 0.1) is 17.8 Å². The molecule has 0 saturated heterocycles. The zero-order valence-electron chi connectivity index (χ0n) is 24.2. The lowest BCUT2D eigenvalue weighted by molar-refractivity contribution is -0.142. The number of ether oxygens (including phenoxy) is 4. The largest absolute Gasteiger partial charge is 0.493 e. The van der Waals surface area contributed by atoms with E-state index in [1.165, 1.54) is 0 Å². The maximum atomic E-state index is 12.6. The van der Waals surface area contributed by atoms with Crippen molar-refractivity contribution in [2.75, 3.05) is 27.4 Å². The maximum absolute atomic E-state index is 12.6. The van der Waals surface area contributed by atoms with Gasteiger partial charge < -0.3 is 34.5 Å². The van der Waals surface area contributed by atoms with Crippen LogP contribution in [0.3, 0.4) is 0 Å². The van der Waals surface area contributed by atoms with Gasteiger partial charge in [-0.05, 0) is 75.6 Å². The number of amides is 1. The van der Waals surface area contributed by atoms with Gasteiger partial charge in [0, 0.05) is 7.11 Å². The summed E-state index contributed by atoms with van der Waals surface area (Å²) >= 11 is 0. The van der Waals surface area contributed by atoms with E-state index >= 15 is 0 Å². The van der Waals surface area contributed by atoms with Crippen molar-refractivity contribution in [1.29, 1.82) is 0 Å². The molecule has 0 aliphatic carbocycles. The molecule has 3 N–H and O–H groups in total. The lowest BCUT2D eigenvalue weighted by atomic mass is 9.82. The first-order valence-electron chi connectivity index (χ1n) is 13.1. The number of benzene rings is 1. The number of hydrogen-bond donors (Lipinski definition) is 3. The van der Waals surface area contributed by atoms with Gasteiger partial charge in [-0.25, -0.2) is 4.79 Å². The first-order valence-corrected chi connectivity index (χ1v) is 13.1. The predicted molar refractivity (Wildman–Crippen MR) is 147 cm³/mol. The molecule has 4 unspecified atom stereocenters. The lowest BCUT2D eigenvalue weighted by Gasteiger charge is -2.32. The summed E-state index contributed by atoms with van der Waals surface area (Å²) in [6.07, 6.45) is 3.16. The quantitative estimate of drug-likeness (QED) is 0.256. The molecule has 0 fully saturated rings. The van der Waals surface area contributed by atoms with Gasteiger partial charge in [-0.2, -0.15) is 0 Å². The van der Waals surface area contributed by atoms with Crippen LogP contribution in [0.5, 0.6) is 11.5 Å². The minimum absolute atomic E-state index is 0.0116. The average Bonchev–Trinajstić information content (AvgIpc) is 2.81. The van der Waals surface area contributed by atoms with Crippen molar-refractivity contribution in [2.45, 2.75) is 78.6 Å². The number of aliphatic hydroxyl groups excluding tert-OH is 1. The van der Waals surface area contributed by atoms with Crippen LogP contribution in [-0.2, 0) is 20.7 Å². The molecule has 9 heteroatoms. The molecule has 0 bridgehead atoms. The third kappa shape index (κ3) is 12.6. The highest BCUT2D eigenvalue weighted by Gasteiger charge is 2.31. The predicted octanol–water partition coefficient (Wildman–Crippen LogP) is 4.85. The number of rotatable bonds is 16. The lowest BCUT2D eigenvalue weighted by Crippen LogP contribution is -2.47. The molecule has 0 aliphatic heterocycles. The molecule has 38 heavy (non-hydrogen) atoms. The highest BCUT2D eigenvalue weighted by Crippen LogP contribution is 2.31. The van der Waals surface area contributed by atoms with E-state index in [-0.39, 0.29) is 18.3 Å². The number of methoxy groups -OCH3 is 2. The molecular weight excluding hydrogens is 490 g/mol. The second kappa shape index (κ2) is 16.2. The van der Waals surface area contributed by atoms with E-state index in [4.69, 9.17) is 18.9 Å². The third-order valence-corrected chi connectivity index (χ3v) is 6.17. The van der Waals surface area contributed by atoms with E-state index in [0.29, 0.717) is 37.6 Å². The minimum Gasteiger partial charge on any atom is -0.493 e. The van der Waals surface area contributed by atoms with Crippen LogP contribution in [0.15, 0.2) is 30.4 Å². The van der Waals surface area contributed by atoms with Gasteiger partial charge in [-0.3, -0.25) is 4.79 Å². The number of carbonyl (C=O) groups is 2. The second-order valence-electron chi connectivity index (χ2n) is 11.0. The number of nitrogens with one attached hydrogen (secondary N) is 1. The average molecular weight is 538 g/mol. The highest BCUT2D eigenvalue weighted by atomic mass is 16.6. The molecule has 1 aromatic carbocycles. The molecule has 1 amide bonds. The van der Waals surface area contributed by atoms with Gasteiger partial charge in [0.2, 0.25) is 0 Å². The Morgan fingerprint density at radius 3 is 2.24 bits per heavy atom. The van der Waals surface area contributed by atoms with Gasteiger partial charge in [0.25, 0.3) is 0 Å². The fraction of sp³-hybridized carbons (Fsp3) is 0.655. The molecular formula is C29H47NO8. The number of carbonyl (C=O) groups excluding carboxylic acids is 1. The third-order valence-electron chi connectivity index (χ3n) is 6.17. The Morgan fingerprint density at radius 1 is 1.03 bits per heavy atom. The molecule has 1 aromatic rings. The topological polar surface area (TPSA) is 124 Å². The smallest absolute Gasteiger partial charge is 0.407 e. The number of hydrogen-bond acceptors (Lipinski definition) is 7. The Balaban J connectivity index is 3.11. The second-order valence-corrected chi connectivity index (χ2v) is 11.0. The molecule has 216 valence electrons. The maximum Gasteiger partial charge on any atom is 0.407 e. The van der Waals surface area contributed by atoms with Crippen molar-refractivity contribution in [3.63, 3.8) is 0 Å². The van der Waals surface area contributed by atoms with Crippen LogP contribution in [0.2, 0.25) is 0 Å². The Bertz CT molecular complexity index is 893.